The molecule has 0 unspecified atom stereocenters. The second-order valence-electron chi connectivity index (χ2n) is 6.04. The number of hydrogen-bond acceptors (Lipinski definition) is 5. The van der Waals surface area contributed by atoms with Crippen molar-refractivity contribution in [2.45, 2.75) is 30.9 Å². The number of sulfonamides is 1. The van der Waals surface area contributed by atoms with Crippen molar-refractivity contribution in [3.63, 3.8) is 0 Å². The molecule has 2 aromatic heterocycles. The number of pyridine rings is 1. The van der Waals surface area contributed by atoms with Gasteiger partial charge >= 0.3 is 0 Å². The van der Waals surface area contributed by atoms with E-state index in [9.17, 15) is 8.42 Å². The Morgan fingerprint density at radius 1 is 1.22 bits per heavy atom. The largest absolute Gasteiger partial charge is 0.370 e. The maximum atomic E-state index is 12.3. The zero-order chi connectivity index (χ0) is 16.4. The molecule has 0 atom stereocenters. The molecule has 0 spiro atoms. The lowest BCUT2D eigenvalue weighted by atomic mass is 9.99. The fraction of sp³-hybridized carbons (Fsp3) is 0.438. The quantitative estimate of drug-likeness (QED) is 0.916. The van der Waals surface area contributed by atoms with Crippen LogP contribution in [-0.2, 0) is 10.0 Å². The van der Waals surface area contributed by atoms with Gasteiger partial charge in [-0.15, -0.1) is 11.3 Å². The second kappa shape index (κ2) is 6.49. The minimum Gasteiger partial charge on any atom is -0.370 e. The molecule has 1 N–H and O–H groups in total. The molecule has 3 heterocycles. The van der Waals surface area contributed by atoms with Gasteiger partial charge < -0.3 is 4.90 Å². The maximum absolute atomic E-state index is 12.3. The van der Waals surface area contributed by atoms with Gasteiger partial charge in [0.2, 0.25) is 0 Å². The van der Waals surface area contributed by atoms with E-state index in [4.69, 9.17) is 0 Å². The summed E-state index contributed by atoms with van der Waals surface area (Å²) in [6.45, 7) is 6.22. The summed E-state index contributed by atoms with van der Waals surface area (Å²) >= 11 is 1.25. The van der Waals surface area contributed by atoms with Gasteiger partial charge in [-0.3, -0.25) is 4.72 Å². The van der Waals surface area contributed by atoms with Crippen LogP contribution in [0.25, 0.3) is 0 Å². The minimum absolute atomic E-state index is 0.311. The Hall–Kier alpha value is -1.60. The molecule has 1 aliphatic rings. The molecule has 124 valence electrons. The Balaban J connectivity index is 1.70. The first-order chi connectivity index (χ1) is 10.9. The summed E-state index contributed by atoms with van der Waals surface area (Å²) in [4.78, 5) is 7.53. The summed E-state index contributed by atoms with van der Waals surface area (Å²) in [5.74, 6) is 1.13. The lowest BCUT2D eigenvalue weighted by molar-refractivity contribution is 0.438. The van der Waals surface area contributed by atoms with Crippen molar-refractivity contribution >= 4 is 32.9 Å². The summed E-state index contributed by atoms with van der Waals surface area (Å²) in [6, 6.07) is 7.07. The van der Waals surface area contributed by atoms with E-state index in [1.54, 1.807) is 24.4 Å². The average Bonchev–Trinajstić information content (AvgIpc) is 2.96. The summed E-state index contributed by atoms with van der Waals surface area (Å²) in [6.07, 6.45) is 4.12. The van der Waals surface area contributed by atoms with Crippen LogP contribution in [0.15, 0.2) is 34.7 Å². The molecule has 2 aromatic rings. The van der Waals surface area contributed by atoms with Gasteiger partial charge in [-0.1, -0.05) is 6.92 Å². The number of nitrogens with one attached hydrogen (secondary N) is 1. The van der Waals surface area contributed by atoms with Crippen molar-refractivity contribution in [3.05, 3.63) is 35.3 Å². The molecule has 0 aromatic carbocycles. The fourth-order valence-electron chi connectivity index (χ4n) is 2.64. The summed E-state index contributed by atoms with van der Waals surface area (Å²) < 4.78 is 27.4. The molecule has 0 amide bonds. The topological polar surface area (TPSA) is 62.3 Å². The van der Waals surface area contributed by atoms with Gasteiger partial charge in [-0.25, -0.2) is 13.4 Å². The molecular formula is C16H21N3O2S2. The average molecular weight is 351 g/mol. The third-order valence-electron chi connectivity index (χ3n) is 4.12. The third kappa shape index (κ3) is 3.84. The van der Waals surface area contributed by atoms with E-state index in [2.05, 4.69) is 21.5 Å². The van der Waals surface area contributed by atoms with Crippen LogP contribution in [0.4, 0.5) is 11.5 Å². The van der Waals surface area contributed by atoms with Gasteiger partial charge in [0.25, 0.3) is 10.0 Å². The van der Waals surface area contributed by atoms with Crippen LogP contribution >= 0.6 is 11.3 Å². The van der Waals surface area contributed by atoms with E-state index in [0.29, 0.717) is 10.0 Å². The number of aromatic nitrogens is 1. The zero-order valence-corrected chi connectivity index (χ0v) is 15.0. The van der Waals surface area contributed by atoms with Crippen molar-refractivity contribution in [1.29, 1.82) is 0 Å². The molecule has 0 radical (unpaired) electrons. The predicted octanol–water partition coefficient (Wildman–Crippen LogP) is 3.49. The summed E-state index contributed by atoms with van der Waals surface area (Å²) in [5, 5.41) is 0. The van der Waals surface area contributed by atoms with E-state index in [0.717, 1.165) is 29.6 Å². The van der Waals surface area contributed by atoms with Crippen LogP contribution in [0.2, 0.25) is 0 Å². The summed E-state index contributed by atoms with van der Waals surface area (Å²) in [5.41, 5.74) is 1.05. The monoisotopic (exact) mass is 351 g/mol. The van der Waals surface area contributed by atoms with Crippen LogP contribution in [0.5, 0.6) is 0 Å². The number of nitrogens with zero attached hydrogens (tertiary/aromatic N) is 2. The SMILES string of the molecule is Cc1ccc(S(=O)(=O)Nc2ccc(N3CCC(C)CC3)cn2)s1. The van der Waals surface area contributed by atoms with Crippen molar-refractivity contribution in [2.75, 3.05) is 22.7 Å². The van der Waals surface area contributed by atoms with Crippen LogP contribution in [0.1, 0.15) is 24.6 Å². The first kappa shape index (κ1) is 16.3. The predicted molar refractivity (Wildman–Crippen MR) is 94.7 cm³/mol. The van der Waals surface area contributed by atoms with Crippen molar-refractivity contribution in [3.8, 4) is 0 Å². The molecule has 1 aliphatic heterocycles. The van der Waals surface area contributed by atoms with Crippen molar-refractivity contribution < 1.29 is 8.42 Å². The van der Waals surface area contributed by atoms with Gasteiger partial charge in [0, 0.05) is 18.0 Å². The zero-order valence-electron chi connectivity index (χ0n) is 13.3. The molecule has 7 heteroatoms. The van der Waals surface area contributed by atoms with E-state index in [1.807, 2.05) is 13.0 Å². The highest BCUT2D eigenvalue weighted by molar-refractivity contribution is 7.94. The first-order valence-corrected chi connectivity index (χ1v) is 10.0. The number of thiophene rings is 1. The van der Waals surface area contributed by atoms with Crippen molar-refractivity contribution in [1.82, 2.24) is 4.98 Å². The highest BCUT2D eigenvalue weighted by atomic mass is 32.2. The lowest BCUT2D eigenvalue weighted by Crippen LogP contribution is -2.32. The standard InChI is InChI=1S/C16H21N3O2S2/c1-12-7-9-19(10-8-12)14-4-5-15(17-11-14)18-23(20,21)16-6-3-13(2)22-16/h3-6,11-12H,7-10H2,1-2H3,(H,17,18). The molecule has 1 saturated heterocycles. The Kier molecular flexibility index (Phi) is 4.59. The lowest BCUT2D eigenvalue weighted by Gasteiger charge is -2.31. The molecule has 0 aliphatic carbocycles. The molecule has 3 rings (SSSR count). The van der Waals surface area contributed by atoms with Gasteiger partial charge in [-0.05, 0) is 49.9 Å². The summed E-state index contributed by atoms with van der Waals surface area (Å²) in [7, 11) is -3.55. The molecule has 0 saturated carbocycles. The van der Waals surface area contributed by atoms with Crippen LogP contribution in [0.3, 0.4) is 0 Å². The first-order valence-electron chi connectivity index (χ1n) is 7.74. The van der Waals surface area contributed by atoms with E-state index >= 15 is 0 Å². The molecule has 0 bridgehead atoms. The van der Waals surface area contributed by atoms with Crippen LogP contribution in [0, 0.1) is 12.8 Å². The highest BCUT2D eigenvalue weighted by Gasteiger charge is 2.18. The molecular weight excluding hydrogens is 330 g/mol. The van der Waals surface area contributed by atoms with E-state index in [1.165, 1.54) is 24.2 Å². The normalized spacial score (nSPS) is 16.5. The Labute approximate surface area is 141 Å². The maximum Gasteiger partial charge on any atom is 0.272 e. The van der Waals surface area contributed by atoms with Crippen LogP contribution in [-0.4, -0.2) is 26.5 Å². The minimum atomic E-state index is -3.55. The van der Waals surface area contributed by atoms with E-state index < -0.39 is 10.0 Å². The van der Waals surface area contributed by atoms with E-state index in [-0.39, 0.29) is 0 Å². The van der Waals surface area contributed by atoms with Gasteiger partial charge in [0.1, 0.15) is 10.0 Å². The van der Waals surface area contributed by atoms with Gasteiger partial charge in [-0.2, -0.15) is 0 Å². The second-order valence-corrected chi connectivity index (χ2v) is 9.24. The Morgan fingerprint density at radius 3 is 2.52 bits per heavy atom. The molecule has 1 fully saturated rings. The molecule has 23 heavy (non-hydrogen) atoms. The molecule has 5 nitrogen and oxygen atoms in total. The van der Waals surface area contributed by atoms with Crippen LogP contribution < -0.4 is 9.62 Å². The third-order valence-corrected chi connectivity index (χ3v) is 6.96. The Morgan fingerprint density at radius 2 is 1.96 bits per heavy atom. The number of aryl methyl sites for hydroxylation is 1. The number of rotatable bonds is 4. The smallest absolute Gasteiger partial charge is 0.272 e. The van der Waals surface area contributed by atoms with Gasteiger partial charge in [0.05, 0.1) is 11.9 Å². The fourth-order valence-corrected chi connectivity index (χ4v) is 4.94. The number of anilines is 2. The Bertz CT molecular complexity index is 761. The van der Waals surface area contributed by atoms with Crippen molar-refractivity contribution in [2.24, 2.45) is 5.92 Å². The number of piperidine rings is 1. The van der Waals surface area contributed by atoms with Gasteiger partial charge in [0.15, 0.2) is 0 Å². The number of hydrogen-bond donors (Lipinski definition) is 1. The highest BCUT2D eigenvalue weighted by Crippen LogP contribution is 2.25.